The van der Waals surface area contributed by atoms with Gasteiger partial charge >= 0.3 is 0 Å². The summed E-state index contributed by atoms with van der Waals surface area (Å²) in [4.78, 5) is 0. The first-order valence-corrected chi connectivity index (χ1v) is 5.40. The highest BCUT2D eigenvalue weighted by Crippen LogP contribution is 2.20. The molecule has 0 radical (unpaired) electrons. The summed E-state index contributed by atoms with van der Waals surface area (Å²) in [5.74, 6) is 0.938. The standard InChI is InChI=1S/C12H18OS/c1-4-13-11-7-5-10(6-8-11)9-12(2,3)14/h5-8,14H,4,9H2,1-3H3. The molecule has 0 aliphatic heterocycles. The van der Waals surface area contributed by atoms with Crippen LogP contribution in [0.3, 0.4) is 0 Å². The van der Waals surface area contributed by atoms with E-state index in [1.807, 2.05) is 19.1 Å². The van der Waals surface area contributed by atoms with E-state index < -0.39 is 0 Å². The molecule has 0 saturated heterocycles. The number of hydrogen-bond donors (Lipinski definition) is 1. The molecule has 0 bridgehead atoms. The maximum absolute atomic E-state index is 5.37. The minimum Gasteiger partial charge on any atom is -0.494 e. The van der Waals surface area contributed by atoms with Gasteiger partial charge in [0.25, 0.3) is 0 Å². The van der Waals surface area contributed by atoms with Gasteiger partial charge in [0.05, 0.1) is 6.61 Å². The van der Waals surface area contributed by atoms with E-state index in [9.17, 15) is 0 Å². The molecule has 1 aromatic rings. The quantitative estimate of drug-likeness (QED) is 0.750. The molecule has 0 unspecified atom stereocenters. The molecule has 0 spiro atoms. The molecule has 0 amide bonds. The summed E-state index contributed by atoms with van der Waals surface area (Å²) in [6.07, 6.45) is 0.975. The third-order valence-corrected chi connectivity index (χ3v) is 2.03. The summed E-state index contributed by atoms with van der Waals surface area (Å²) >= 11 is 4.50. The summed E-state index contributed by atoms with van der Waals surface area (Å²) in [6, 6.07) is 8.22. The molecule has 0 fully saturated rings. The van der Waals surface area contributed by atoms with Crippen molar-refractivity contribution in [1.29, 1.82) is 0 Å². The van der Waals surface area contributed by atoms with Crippen molar-refractivity contribution in [2.45, 2.75) is 31.9 Å². The molecule has 1 rings (SSSR count). The molecule has 0 aromatic heterocycles. The van der Waals surface area contributed by atoms with Gasteiger partial charge in [0.1, 0.15) is 5.75 Å². The summed E-state index contributed by atoms with van der Waals surface area (Å²) < 4.78 is 5.42. The highest BCUT2D eigenvalue weighted by Gasteiger charge is 2.11. The van der Waals surface area contributed by atoms with Crippen molar-refractivity contribution in [3.63, 3.8) is 0 Å². The Balaban J connectivity index is 2.64. The average molecular weight is 210 g/mol. The fraction of sp³-hybridized carbons (Fsp3) is 0.500. The van der Waals surface area contributed by atoms with Crippen molar-refractivity contribution < 1.29 is 4.74 Å². The number of ether oxygens (including phenoxy) is 1. The van der Waals surface area contributed by atoms with Gasteiger partial charge in [0.2, 0.25) is 0 Å². The van der Waals surface area contributed by atoms with Gasteiger partial charge in [-0.05, 0) is 31.0 Å². The maximum atomic E-state index is 5.37. The lowest BCUT2D eigenvalue weighted by Gasteiger charge is -2.17. The van der Waals surface area contributed by atoms with Gasteiger partial charge in [0.15, 0.2) is 0 Å². The average Bonchev–Trinajstić information content (AvgIpc) is 2.06. The summed E-state index contributed by atoms with van der Waals surface area (Å²) in [7, 11) is 0. The minimum absolute atomic E-state index is 0.0487. The second-order valence-corrected chi connectivity index (χ2v) is 5.28. The van der Waals surface area contributed by atoms with Crippen LogP contribution in [0.15, 0.2) is 24.3 Å². The topological polar surface area (TPSA) is 9.23 Å². The second-order valence-electron chi connectivity index (χ2n) is 4.07. The van der Waals surface area contributed by atoms with Crippen LogP contribution in [0.25, 0.3) is 0 Å². The Labute approximate surface area is 91.9 Å². The van der Waals surface area contributed by atoms with Crippen LogP contribution in [-0.2, 0) is 6.42 Å². The zero-order valence-corrected chi connectivity index (χ0v) is 9.97. The van der Waals surface area contributed by atoms with Crippen LogP contribution in [-0.4, -0.2) is 11.4 Å². The molecule has 1 nitrogen and oxygen atoms in total. The molecule has 2 heteroatoms. The van der Waals surface area contributed by atoms with E-state index in [4.69, 9.17) is 4.74 Å². The van der Waals surface area contributed by atoms with E-state index in [-0.39, 0.29) is 4.75 Å². The number of benzene rings is 1. The van der Waals surface area contributed by atoms with Gasteiger partial charge in [-0.2, -0.15) is 12.6 Å². The fourth-order valence-corrected chi connectivity index (χ4v) is 1.55. The van der Waals surface area contributed by atoms with Crippen molar-refractivity contribution >= 4 is 12.6 Å². The molecule has 0 heterocycles. The molecule has 0 aliphatic carbocycles. The maximum Gasteiger partial charge on any atom is 0.119 e. The van der Waals surface area contributed by atoms with Gasteiger partial charge in [-0.1, -0.05) is 26.0 Å². The number of rotatable bonds is 4. The second kappa shape index (κ2) is 4.74. The zero-order chi connectivity index (χ0) is 10.6. The van der Waals surface area contributed by atoms with Crippen molar-refractivity contribution in [3.8, 4) is 5.75 Å². The SMILES string of the molecule is CCOc1ccc(CC(C)(C)S)cc1. The van der Waals surface area contributed by atoms with Gasteiger partial charge in [0, 0.05) is 4.75 Å². The van der Waals surface area contributed by atoms with Crippen LogP contribution >= 0.6 is 12.6 Å². The van der Waals surface area contributed by atoms with E-state index in [1.165, 1.54) is 5.56 Å². The number of thiol groups is 1. The largest absolute Gasteiger partial charge is 0.494 e. The molecule has 1 aromatic carbocycles. The van der Waals surface area contributed by atoms with Crippen molar-refractivity contribution in [3.05, 3.63) is 29.8 Å². The van der Waals surface area contributed by atoms with Gasteiger partial charge in [-0.3, -0.25) is 0 Å². The van der Waals surface area contributed by atoms with Crippen LogP contribution in [0.5, 0.6) is 5.75 Å². The lowest BCUT2D eigenvalue weighted by Crippen LogP contribution is -2.13. The Kier molecular flexibility index (Phi) is 3.87. The fourth-order valence-electron chi connectivity index (χ4n) is 1.37. The molecule has 0 atom stereocenters. The van der Waals surface area contributed by atoms with Gasteiger partial charge < -0.3 is 4.74 Å². The zero-order valence-electron chi connectivity index (χ0n) is 9.08. The normalized spacial score (nSPS) is 11.4. The first kappa shape index (κ1) is 11.4. The Morgan fingerprint density at radius 1 is 1.21 bits per heavy atom. The first-order chi connectivity index (χ1) is 6.51. The van der Waals surface area contributed by atoms with E-state index in [0.29, 0.717) is 0 Å². The van der Waals surface area contributed by atoms with E-state index in [2.05, 4.69) is 38.6 Å². The third kappa shape index (κ3) is 4.05. The summed E-state index contributed by atoms with van der Waals surface area (Å²) in [5, 5.41) is 0. The van der Waals surface area contributed by atoms with Crippen LogP contribution in [0.2, 0.25) is 0 Å². The Bertz CT molecular complexity index is 271. The monoisotopic (exact) mass is 210 g/mol. The summed E-state index contributed by atoms with van der Waals surface area (Å²) in [5.41, 5.74) is 1.30. The highest BCUT2D eigenvalue weighted by atomic mass is 32.1. The van der Waals surface area contributed by atoms with Crippen molar-refractivity contribution in [1.82, 2.24) is 0 Å². The van der Waals surface area contributed by atoms with E-state index in [0.717, 1.165) is 18.8 Å². The van der Waals surface area contributed by atoms with E-state index >= 15 is 0 Å². The van der Waals surface area contributed by atoms with Crippen molar-refractivity contribution in [2.24, 2.45) is 0 Å². The molecular formula is C12H18OS. The molecule has 0 aliphatic rings. The third-order valence-electron chi connectivity index (χ3n) is 1.87. The molecule has 0 saturated carbocycles. The summed E-state index contributed by atoms with van der Waals surface area (Å²) in [6.45, 7) is 6.95. The molecule has 14 heavy (non-hydrogen) atoms. The van der Waals surface area contributed by atoms with Crippen LogP contribution in [0.4, 0.5) is 0 Å². The first-order valence-electron chi connectivity index (χ1n) is 4.95. The lowest BCUT2D eigenvalue weighted by molar-refractivity contribution is 0.340. The molecule has 78 valence electrons. The predicted molar refractivity (Wildman–Crippen MR) is 64.4 cm³/mol. The Hall–Kier alpha value is -0.630. The van der Waals surface area contributed by atoms with Crippen LogP contribution < -0.4 is 4.74 Å². The Morgan fingerprint density at radius 2 is 1.79 bits per heavy atom. The van der Waals surface area contributed by atoms with Crippen LogP contribution in [0.1, 0.15) is 26.3 Å². The predicted octanol–water partition coefficient (Wildman–Crippen LogP) is 3.34. The lowest BCUT2D eigenvalue weighted by atomic mass is 10.0. The minimum atomic E-state index is 0.0487. The van der Waals surface area contributed by atoms with Crippen LogP contribution in [0, 0.1) is 0 Å². The Morgan fingerprint density at radius 3 is 2.21 bits per heavy atom. The van der Waals surface area contributed by atoms with E-state index in [1.54, 1.807) is 0 Å². The smallest absolute Gasteiger partial charge is 0.119 e. The molecular weight excluding hydrogens is 192 g/mol. The highest BCUT2D eigenvalue weighted by molar-refractivity contribution is 7.81. The molecule has 0 N–H and O–H groups in total. The van der Waals surface area contributed by atoms with Crippen molar-refractivity contribution in [2.75, 3.05) is 6.61 Å². The van der Waals surface area contributed by atoms with Gasteiger partial charge in [-0.15, -0.1) is 0 Å². The number of hydrogen-bond acceptors (Lipinski definition) is 2. The van der Waals surface area contributed by atoms with Gasteiger partial charge in [-0.25, -0.2) is 0 Å².